The van der Waals surface area contributed by atoms with Crippen molar-refractivity contribution in [1.29, 1.82) is 0 Å². The summed E-state index contributed by atoms with van der Waals surface area (Å²) < 4.78 is 0. The maximum absolute atomic E-state index is 9.21. The predicted molar refractivity (Wildman–Crippen MR) is 73.7 cm³/mol. The molecule has 0 spiro atoms. The maximum Gasteiger partial charge on any atom is 0.115 e. The molecule has 5 heteroatoms. The van der Waals surface area contributed by atoms with Crippen LogP contribution in [0.2, 0.25) is 5.02 Å². The number of aliphatic hydroxyl groups is 1. The molecular weight excluding hydrogens is 256 g/mol. The minimum atomic E-state index is 0.144. The van der Waals surface area contributed by atoms with Crippen molar-refractivity contribution in [1.82, 2.24) is 10.3 Å². The van der Waals surface area contributed by atoms with Gasteiger partial charge in [-0.3, -0.25) is 0 Å². The number of hydrogen-bond donors (Lipinski definition) is 2. The number of pyridine rings is 1. The van der Waals surface area contributed by atoms with Crippen LogP contribution < -0.4 is 5.32 Å². The SMILES string of the molecule is CC(C)NC(CO)CCSc1ncccc1Cl. The van der Waals surface area contributed by atoms with Gasteiger partial charge in [0, 0.05) is 24.0 Å². The van der Waals surface area contributed by atoms with Gasteiger partial charge in [0.15, 0.2) is 0 Å². The monoisotopic (exact) mass is 274 g/mol. The van der Waals surface area contributed by atoms with Crippen LogP contribution in [-0.4, -0.2) is 34.5 Å². The van der Waals surface area contributed by atoms with E-state index in [1.54, 1.807) is 18.0 Å². The second kappa shape index (κ2) is 7.93. The molecule has 17 heavy (non-hydrogen) atoms. The summed E-state index contributed by atoms with van der Waals surface area (Å²) >= 11 is 7.63. The smallest absolute Gasteiger partial charge is 0.115 e. The number of aliphatic hydroxyl groups excluding tert-OH is 1. The lowest BCUT2D eigenvalue weighted by atomic mass is 10.2. The Morgan fingerprint density at radius 2 is 2.29 bits per heavy atom. The van der Waals surface area contributed by atoms with Gasteiger partial charge in [0.1, 0.15) is 5.03 Å². The van der Waals surface area contributed by atoms with Gasteiger partial charge in [-0.2, -0.15) is 0 Å². The van der Waals surface area contributed by atoms with E-state index < -0.39 is 0 Å². The fourth-order valence-corrected chi connectivity index (χ4v) is 2.70. The van der Waals surface area contributed by atoms with Crippen molar-refractivity contribution in [3.63, 3.8) is 0 Å². The highest BCUT2D eigenvalue weighted by Gasteiger charge is 2.09. The number of nitrogens with one attached hydrogen (secondary N) is 1. The number of halogens is 1. The largest absolute Gasteiger partial charge is 0.395 e. The Labute approximate surface area is 112 Å². The molecule has 1 aromatic heterocycles. The molecule has 2 N–H and O–H groups in total. The van der Waals surface area contributed by atoms with Gasteiger partial charge in [0.2, 0.25) is 0 Å². The standard InChI is InChI=1S/C12H19ClN2OS/c1-9(2)15-10(8-16)5-7-17-12-11(13)4-3-6-14-12/h3-4,6,9-10,15-16H,5,7-8H2,1-2H3. The molecule has 1 aromatic rings. The van der Waals surface area contributed by atoms with Crippen molar-refractivity contribution >= 4 is 23.4 Å². The molecule has 0 aliphatic heterocycles. The molecule has 0 bridgehead atoms. The van der Waals surface area contributed by atoms with Gasteiger partial charge in [-0.1, -0.05) is 25.4 Å². The van der Waals surface area contributed by atoms with Crippen LogP contribution in [0, 0.1) is 0 Å². The highest BCUT2D eigenvalue weighted by Crippen LogP contribution is 2.24. The van der Waals surface area contributed by atoms with Crippen LogP contribution in [-0.2, 0) is 0 Å². The summed E-state index contributed by atoms with van der Waals surface area (Å²) in [6, 6.07) is 4.19. The number of thioether (sulfide) groups is 1. The first-order valence-corrected chi connectivity index (χ1v) is 7.10. The third-order valence-electron chi connectivity index (χ3n) is 2.22. The molecule has 0 saturated carbocycles. The van der Waals surface area contributed by atoms with Crippen molar-refractivity contribution in [2.75, 3.05) is 12.4 Å². The molecule has 96 valence electrons. The average molecular weight is 275 g/mol. The first-order valence-electron chi connectivity index (χ1n) is 5.73. The van der Waals surface area contributed by atoms with E-state index in [4.69, 9.17) is 11.6 Å². The topological polar surface area (TPSA) is 45.1 Å². The maximum atomic E-state index is 9.21. The van der Waals surface area contributed by atoms with Crippen molar-refractivity contribution in [2.45, 2.75) is 37.4 Å². The first-order chi connectivity index (χ1) is 8.13. The number of hydrogen-bond acceptors (Lipinski definition) is 4. The Hall–Kier alpha value is -0.290. The van der Waals surface area contributed by atoms with E-state index in [0.717, 1.165) is 17.2 Å². The Balaban J connectivity index is 2.34. The van der Waals surface area contributed by atoms with E-state index in [1.165, 1.54) is 0 Å². The summed E-state index contributed by atoms with van der Waals surface area (Å²) in [5.41, 5.74) is 0. The fraction of sp³-hybridized carbons (Fsp3) is 0.583. The van der Waals surface area contributed by atoms with Crippen LogP contribution in [0.1, 0.15) is 20.3 Å². The number of aromatic nitrogens is 1. The Bertz CT molecular complexity index is 336. The van der Waals surface area contributed by atoms with Crippen LogP contribution in [0.5, 0.6) is 0 Å². The molecule has 0 aromatic carbocycles. The molecule has 1 atom stereocenters. The summed E-state index contributed by atoms with van der Waals surface area (Å²) in [6.07, 6.45) is 2.64. The van der Waals surface area contributed by atoms with Crippen LogP contribution in [0.15, 0.2) is 23.4 Å². The summed E-state index contributed by atoms with van der Waals surface area (Å²) in [6.45, 7) is 4.31. The van der Waals surface area contributed by atoms with Gasteiger partial charge >= 0.3 is 0 Å². The van der Waals surface area contributed by atoms with Gasteiger partial charge < -0.3 is 10.4 Å². The van der Waals surface area contributed by atoms with Crippen LogP contribution in [0.4, 0.5) is 0 Å². The lowest BCUT2D eigenvalue weighted by Crippen LogP contribution is -2.37. The minimum absolute atomic E-state index is 0.144. The van der Waals surface area contributed by atoms with E-state index in [2.05, 4.69) is 24.1 Å². The fourth-order valence-electron chi connectivity index (χ4n) is 1.47. The predicted octanol–water partition coefficient (Wildman–Crippen LogP) is 2.58. The molecule has 0 fully saturated rings. The lowest BCUT2D eigenvalue weighted by molar-refractivity contribution is 0.232. The third-order valence-corrected chi connectivity index (χ3v) is 3.67. The number of nitrogens with zero attached hydrogens (tertiary/aromatic N) is 1. The van der Waals surface area contributed by atoms with Crippen LogP contribution >= 0.6 is 23.4 Å². The molecule has 3 nitrogen and oxygen atoms in total. The zero-order chi connectivity index (χ0) is 12.7. The Morgan fingerprint density at radius 3 is 2.88 bits per heavy atom. The van der Waals surface area contributed by atoms with Crippen LogP contribution in [0.3, 0.4) is 0 Å². The summed E-state index contributed by atoms with van der Waals surface area (Å²) in [5, 5.41) is 14.1. The van der Waals surface area contributed by atoms with Crippen molar-refractivity contribution in [2.24, 2.45) is 0 Å². The van der Waals surface area contributed by atoms with Gasteiger partial charge in [-0.15, -0.1) is 11.8 Å². The molecular formula is C12H19ClN2OS. The molecule has 1 rings (SSSR count). The molecule has 0 saturated heterocycles. The van der Waals surface area contributed by atoms with E-state index in [1.807, 2.05) is 12.1 Å². The lowest BCUT2D eigenvalue weighted by Gasteiger charge is -2.18. The molecule has 0 amide bonds. The number of rotatable bonds is 7. The minimum Gasteiger partial charge on any atom is -0.395 e. The first kappa shape index (κ1) is 14.8. The van der Waals surface area contributed by atoms with Gasteiger partial charge in [0.25, 0.3) is 0 Å². The van der Waals surface area contributed by atoms with Gasteiger partial charge in [0.05, 0.1) is 11.6 Å². The third kappa shape index (κ3) is 5.73. The molecule has 1 unspecified atom stereocenters. The van der Waals surface area contributed by atoms with E-state index in [-0.39, 0.29) is 12.6 Å². The van der Waals surface area contributed by atoms with E-state index >= 15 is 0 Å². The summed E-state index contributed by atoms with van der Waals surface area (Å²) in [5.74, 6) is 0.891. The van der Waals surface area contributed by atoms with Crippen molar-refractivity contribution in [3.8, 4) is 0 Å². The van der Waals surface area contributed by atoms with Crippen molar-refractivity contribution in [3.05, 3.63) is 23.4 Å². The van der Waals surface area contributed by atoms with E-state index in [9.17, 15) is 5.11 Å². The Morgan fingerprint density at radius 1 is 1.53 bits per heavy atom. The van der Waals surface area contributed by atoms with Crippen LogP contribution in [0.25, 0.3) is 0 Å². The van der Waals surface area contributed by atoms with Gasteiger partial charge in [-0.05, 0) is 18.6 Å². The van der Waals surface area contributed by atoms with Gasteiger partial charge in [-0.25, -0.2) is 4.98 Å². The highest BCUT2D eigenvalue weighted by atomic mass is 35.5. The highest BCUT2D eigenvalue weighted by molar-refractivity contribution is 7.99. The summed E-state index contributed by atoms with van der Waals surface area (Å²) in [4.78, 5) is 4.21. The molecule has 0 aliphatic rings. The zero-order valence-corrected chi connectivity index (χ0v) is 11.8. The summed E-state index contributed by atoms with van der Waals surface area (Å²) in [7, 11) is 0. The Kier molecular flexibility index (Phi) is 6.89. The molecule has 0 aliphatic carbocycles. The second-order valence-electron chi connectivity index (χ2n) is 4.13. The molecule has 0 radical (unpaired) electrons. The van der Waals surface area contributed by atoms with E-state index in [0.29, 0.717) is 11.1 Å². The average Bonchev–Trinajstić information content (AvgIpc) is 2.29. The second-order valence-corrected chi connectivity index (χ2v) is 5.62. The normalized spacial score (nSPS) is 13.0. The quantitative estimate of drug-likeness (QED) is 0.750. The van der Waals surface area contributed by atoms with Crippen molar-refractivity contribution < 1.29 is 5.11 Å². The zero-order valence-electron chi connectivity index (χ0n) is 10.2. The molecule has 1 heterocycles.